The summed E-state index contributed by atoms with van der Waals surface area (Å²) in [5.74, 6) is 0.704. The molecule has 0 atom stereocenters. The molecule has 2 N–H and O–H groups in total. The minimum Gasteiger partial charge on any atom is -0.383 e. The molecule has 1 heterocycles. The van der Waals surface area contributed by atoms with Crippen molar-refractivity contribution in [3.05, 3.63) is 30.5 Å². The number of aromatic nitrogens is 1. The molecule has 0 radical (unpaired) electrons. The number of para-hydroxylation sites is 1. The predicted molar refractivity (Wildman–Crippen MR) is 62.1 cm³/mol. The van der Waals surface area contributed by atoms with Gasteiger partial charge in [-0.15, -0.1) is 11.6 Å². The number of hydrogen-bond donors (Lipinski definition) is 2. The van der Waals surface area contributed by atoms with E-state index in [1.165, 1.54) is 10.9 Å². The van der Waals surface area contributed by atoms with Gasteiger partial charge in [0.25, 0.3) is 0 Å². The van der Waals surface area contributed by atoms with E-state index in [0.29, 0.717) is 5.88 Å². The number of H-pyrrole nitrogens is 1. The smallest absolute Gasteiger partial charge is 0.0597 e. The molecule has 2 rings (SSSR count). The van der Waals surface area contributed by atoms with Crippen LogP contribution < -0.4 is 5.32 Å². The van der Waals surface area contributed by atoms with E-state index in [1.54, 1.807) is 0 Å². The molecule has 1 aromatic heterocycles. The molecular formula is C11H13ClN2. The zero-order chi connectivity index (χ0) is 9.80. The topological polar surface area (TPSA) is 27.8 Å². The molecule has 0 aliphatic rings. The summed E-state index contributed by atoms with van der Waals surface area (Å²) in [6.07, 6.45) is 2.99. The Labute approximate surface area is 88.3 Å². The van der Waals surface area contributed by atoms with Crippen molar-refractivity contribution in [2.24, 2.45) is 0 Å². The highest BCUT2D eigenvalue weighted by atomic mass is 35.5. The second-order valence-corrected chi connectivity index (χ2v) is 3.60. The van der Waals surface area contributed by atoms with Gasteiger partial charge in [0, 0.05) is 29.5 Å². The number of benzene rings is 1. The quantitative estimate of drug-likeness (QED) is 0.586. The van der Waals surface area contributed by atoms with Gasteiger partial charge in [0.15, 0.2) is 0 Å². The Morgan fingerprint density at radius 3 is 3.00 bits per heavy atom. The van der Waals surface area contributed by atoms with Crippen molar-refractivity contribution >= 4 is 28.2 Å². The fraction of sp³-hybridized carbons (Fsp3) is 0.273. The van der Waals surface area contributed by atoms with Crippen molar-refractivity contribution in [2.45, 2.75) is 6.42 Å². The Kier molecular flexibility index (Phi) is 2.94. The van der Waals surface area contributed by atoms with Gasteiger partial charge in [0.05, 0.1) is 5.69 Å². The van der Waals surface area contributed by atoms with Crippen LogP contribution in [0.3, 0.4) is 0 Å². The third kappa shape index (κ3) is 1.85. The van der Waals surface area contributed by atoms with E-state index in [-0.39, 0.29) is 0 Å². The minimum atomic E-state index is 0.704. The van der Waals surface area contributed by atoms with E-state index in [0.717, 1.165) is 18.7 Å². The summed E-state index contributed by atoms with van der Waals surface area (Å²) in [7, 11) is 0. The van der Waals surface area contributed by atoms with Gasteiger partial charge in [-0.05, 0) is 12.5 Å². The largest absolute Gasteiger partial charge is 0.383 e. The second-order valence-electron chi connectivity index (χ2n) is 3.22. The van der Waals surface area contributed by atoms with Crippen LogP contribution in [-0.4, -0.2) is 17.4 Å². The first-order chi connectivity index (χ1) is 6.92. The van der Waals surface area contributed by atoms with Crippen LogP contribution in [-0.2, 0) is 0 Å². The van der Waals surface area contributed by atoms with Crippen LogP contribution in [0.15, 0.2) is 30.5 Å². The first-order valence-electron chi connectivity index (χ1n) is 4.78. The summed E-state index contributed by atoms with van der Waals surface area (Å²) in [5, 5.41) is 4.59. The Morgan fingerprint density at radius 2 is 2.14 bits per heavy atom. The SMILES string of the molecule is ClCCCNc1c[nH]c2ccccc12. The second kappa shape index (κ2) is 4.38. The van der Waals surface area contributed by atoms with Gasteiger partial charge in [-0.2, -0.15) is 0 Å². The summed E-state index contributed by atoms with van der Waals surface area (Å²) >= 11 is 5.61. The van der Waals surface area contributed by atoms with Crippen LogP contribution in [0.1, 0.15) is 6.42 Å². The van der Waals surface area contributed by atoms with E-state index >= 15 is 0 Å². The molecule has 74 valence electrons. The maximum absolute atomic E-state index is 5.61. The lowest BCUT2D eigenvalue weighted by Crippen LogP contribution is -2.00. The van der Waals surface area contributed by atoms with Crippen LogP contribution in [0, 0.1) is 0 Å². The van der Waals surface area contributed by atoms with Crippen molar-refractivity contribution in [3.63, 3.8) is 0 Å². The Hall–Kier alpha value is -1.15. The highest BCUT2D eigenvalue weighted by molar-refractivity contribution is 6.17. The maximum atomic E-state index is 5.61. The van der Waals surface area contributed by atoms with Gasteiger partial charge in [-0.3, -0.25) is 0 Å². The number of rotatable bonds is 4. The Balaban J connectivity index is 2.17. The van der Waals surface area contributed by atoms with E-state index in [2.05, 4.69) is 22.4 Å². The highest BCUT2D eigenvalue weighted by Crippen LogP contribution is 2.22. The number of halogens is 1. The predicted octanol–water partition coefficient (Wildman–Crippen LogP) is 3.21. The van der Waals surface area contributed by atoms with Crippen molar-refractivity contribution in [3.8, 4) is 0 Å². The molecule has 3 heteroatoms. The number of alkyl halides is 1. The van der Waals surface area contributed by atoms with E-state index in [9.17, 15) is 0 Å². The number of anilines is 1. The Morgan fingerprint density at radius 1 is 1.29 bits per heavy atom. The molecule has 14 heavy (non-hydrogen) atoms. The van der Waals surface area contributed by atoms with Crippen LogP contribution in [0.25, 0.3) is 10.9 Å². The monoisotopic (exact) mass is 208 g/mol. The molecule has 0 bridgehead atoms. The lowest BCUT2D eigenvalue weighted by atomic mass is 10.2. The van der Waals surface area contributed by atoms with E-state index in [4.69, 9.17) is 11.6 Å². The number of aromatic amines is 1. The summed E-state index contributed by atoms with van der Waals surface area (Å²) in [6.45, 7) is 0.922. The van der Waals surface area contributed by atoms with Crippen molar-refractivity contribution in [2.75, 3.05) is 17.7 Å². The average Bonchev–Trinajstić information content (AvgIpc) is 2.63. The van der Waals surface area contributed by atoms with Gasteiger partial charge in [-0.25, -0.2) is 0 Å². The Bertz CT molecular complexity index is 408. The van der Waals surface area contributed by atoms with Crippen molar-refractivity contribution in [1.82, 2.24) is 4.98 Å². The fourth-order valence-electron chi connectivity index (χ4n) is 1.51. The molecule has 0 fully saturated rings. The molecule has 2 aromatic rings. The molecule has 0 unspecified atom stereocenters. The number of hydrogen-bond acceptors (Lipinski definition) is 1. The lowest BCUT2D eigenvalue weighted by molar-refractivity contribution is 0.989. The molecule has 0 aliphatic carbocycles. The normalized spacial score (nSPS) is 10.6. The molecule has 0 spiro atoms. The molecule has 1 aromatic carbocycles. The van der Waals surface area contributed by atoms with Crippen molar-refractivity contribution in [1.29, 1.82) is 0 Å². The van der Waals surface area contributed by atoms with Crippen LogP contribution in [0.5, 0.6) is 0 Å². The maximum Gasteiger partial charge on any atom is 0.0597 e. The number of fused-ring (bicyclic) bond motifs is 1. The summed E-state index contributed by atoms with van der Waals surface area (Å²) in [5.41, 5.74) is 2.33. The standard InChI is InChI=1S/C11H13ClN2/c12-6-3-7-13-11-8-14-10-5-2-1-4-9(10)11/h1-2,4-5,8,13-14H,3,6-7H2. The minimum absolute atomic E-state index is 0.704. The third-order valence-electron chi connectivity index (χ3n) is 2.22. The third-order valence-corrected chi connectivity index (χ3v) is 2.48. The fourth-order valence-corrected chi connectivity index (χ4v) is 1.64. The van der Waals surface area contributed by atoms with Crippen LogP contribution >= 0.6 is 11.6 Å². The zero-order valence-electron chi connectivity index (χ0n) is 7.89. The van der Waals surface area contributed by atoms with Crippen LogP contribution in [0.2, 0.25) is 0 Å². The number of nitrogens with one attached hydrogen (secondary N) is 2. The van der Waals surface area contributed by atoms with Gasteiger partial charge in [0.1, 0.15) is 0 Å². The van der Waals surface area contributed by atoms with Gasteiger partial charge >= 0.3 is 0 Å². The zero-order valence-corrected chi connectivity index (χ0v) is 8.64. The van der Waals surface area contributed by atoms with E-state index in [1.807, 2.05) is 18.3 Å². The molecule has 2 nitrogen and oxygen atoms in total. The highest BCUT2D eigenvalue weighted by Gasteiger charge is 2.00. The lowest BCUT2D eigenvalue weighted by Gasteiger charge is -2.02. The average molecular weight is 209 g/mol. The van der Waals surface area contributed by atoms with E-state index < -0.39 is 0 Å². The molecule has 0 amide bonds. The van der Waals surface area contributed by atoms with Crippen molar-refractivity contribution < 1.29 is 0 Å². The first kappa shape index (κ1) is 9.41. The summed E-state index contributed by atoms with van der Waals surface area (Å²) < 4.78 is 0. The van der Waals surface area contributed by atoms with Gasteiger partial charge < -0.3 is 10.3 Å². The van der Waals surface area contributed by atoms with Gasteiger partial charge in [-0.1, -0.05) is 18.2 Å². The summed E-state index contributed by atoms with van der Waals surface area (Å²) in [4.78, 5) is 3.22. The molecular weight excluding hydrogens is 196 g/mol. The molecule has 0 saturated carbocycles. The summed E-state index contributed by atoms with van der Waals surface area (Å²) in [6, 6.07) is 8.25. The molecule has 0 aliphatic heterocycles. The van der Waals surface area contributed by atoms with Crippen LogP contribution in [0.4, 0.5) is 5.69 Å². The molecule has 0 saturated heterocycles. The van der Waals surface area contributed by atoms with Gasteiger partial charge in [0.2, 0.25) is 0 Å². The first-order valence-corrected chi connectivity index (χ1v) is 5.31.